The van der Waals surface area contributed by atoms with E-state index in [2.05, 4.69) is 4.98 Å². The van der Waals surface area contributed by atoms with Gasteiger partial charge in [0.25, 0.3) is 0 Å². The van der Waals surface area contributed by atoms with Gasteiger partial charge < -0.3 is 5.11 Å². The predicted molar refractivity (Wildman–Crippen MR) is 109 cm³/mol. The quantitative estimate of drug-likeness (QED) is 0.615. The van der Waals surface area contributed by atoms with E-state index in [1.807, 2.05) is 0 Å². The lowest BCUT2D eigenvalue weighted by Crippen LogP contribution is -2.17. The third-order valence-corrected chi connectivity index (χ3v) is 7.79. The number of Topliss-reactive ketones (excluding diaryl/α,β-unsaturated/α-hetero) is 1. The fourth-order valence-corrected chi connectivity index (χ4v) is 6.60. The van der Waals surface area contributed by atoms with Crippen LogP contribution in [0.15, 0.2) is 16.5 Å². The summed E-state index contributed by atoms with van der Waals surface area (Å²) < 4.78 is 39.3. The SMILES string of the molecule is O=C(O)C1=C(C(=O)Cc2sc3c(c2-c2nc(C(F)(F)F)cs2)CCCC3)CCCC1. The molecule has 0 aromatic carbocycles. The average molecular weight is 456 g/mol. The first kappa shape index (κ1) is 21.2. The zero-order valence-corrected chi connectivity index (χ0v) is 17.7. The number of ketones is 1. The largest absolute Gasteiger partial charge is 0.478 e. The highest BCUT2D eigenvalue weighted by Gasteiger charge is 2.35. The summed E-state index contributed by atoms with van der Waals surface area (Å²) in [5.74, 6) is -1.29. The molecule has 0 unspecified atom stereocenters. The van der Waals surface area contributed by atoms with Crippen molar-refractivity contribution in [1.82, 2.24) is 4.98 Å². The lowest BCUT2D eigenvalue weighted by molar-refractivity contribution is -0.140. The average Bonchev–Trinajstić information content (AvgIpc) is 3.32. The Balaban J connectivity index is 1.74. The van der Waals surface area contributed by atoms with Gasteiger partial charge in [0.15, 0.2) is 11.5 Å². The summed E-state index contributed by atoms with van der Waals surface area (Å²) in [6.07, 6.45) is 1.42. The van der Waals surface area contributed by atoms with Crippen LogP contribution in [-0.4, -0.2) is 21.8 Å². The molecule has 0 saturated carbocycles. The van der Waals surface area contributed by atoms with Crippen LogP contribution in [0.5, 0.6) is 0 Å². The predicted octanol–water partition coefficient (Wildman–Crippen LogP) is 5.84. The van der Waals surface area contributed by atoms with Crippen LogP contribution in [0.1, 0.15) is 59.5 Å². The Morgan fingerprint density at radius 1 is 1.03 bits per heavy atom. The zero-order chi connectivity index (χ0) is 21.5. The van der Waals surface area contributed by atoms with Crippen LogP contribution in [0, 0.1) is 0 Å². The van der Waals surface area contributed by atoms with Crippen LogP contribution in [0.4, 0.5) is 13.2 Å². The second kappa shape index (κ2) is 8.26. The van der Waals surface area contributed by atoms with E-state index in [0.29, 0.717) is 33.9 Å². The summed E-state index contributed by atoms with van der Waals surface area (Å²) in [4.78, 5) is 30.2. The highest BCUT2D eigenvalue weighted by molar-refractivity contribution is 7.15. The minimum Gasteiger partial charge on any atom is -0.478 e. The lowest BCUT2D eigenvalue weighted by Gasteiger charge is -2.16. The Hall–Kier alpha value is -2.00. The number of aliphatic carboxylic acids is 1. The van der Waals surface area contributed by atoms with Gasteiger partial charge >= 0.3 is 12.1 Å². The van der Waals surface area contributed by atoms with Crippen LogP contribution >= 0.6 is 22.7 Å². The Labute approximate surface area is 179 Å². The van der Waals surface area contributed by atoms with Crippen LogP contribution in [0.3, 0.4) is 0 Å². The summed E-state index contributed by atoms with van der Waals surface area (Å²) in [6.45, 7) is 0. The normalized spacial score (nSPS) is 17.2. The molecule has 2 aromatic rings. The van der Waals surface area contributed by atoms with Crippen LogP contribution < -0.4 is 0 Å². The highest BCUT2D eigenvalue weighted by Crippen LogP contribution is 2.44. The molecule has 160 valence electrons. The Morgan fingerprint density at radius 2 is 1.70 bits per heavy atom. The lowest BCUT2D eigenvalue weighted by atomic mass is 9.87. The number of nitrogens with zero attached hydrogens (tertiary/aromatic N) is 1. The number of alkyl halides is 3. The molecule has 0 spiro atoms. The van der Waals surface area contributed by atoms with E-state index >= 15 is 0 Å². The molecule has 2 aliphatic carbocycles. The maximum absolute atomic E-state index is 13.1. The third kappa shape index (κ3) is 4.09. The van der Waals surface area contributed by atoms with Crippen LogP contribution in [-0.2, 0) is 35.0 Å². The molecular formula is C21H20F3NO3S2. The minimum atomic E-state index is -4.51. The van der Waals surface area contributed by atoms with Crippen molar-refractivity contribution < 1.29 is 27.9 Å². The second-order valence-electron chi connectivity index (χ2n) is 7.61. The maximum Gasteiger partial charge on any atom is 0.434 e. The Kier molecular flexibility index (Phi) is 5.85. The fourth-order valence-electron chi connectivity index (χ4n) is 4.22. The molecule has 0 saturated heterocycles. The fraction of sp³-hybridized carbons (Fsp3) is 0.476. The molecule has 30 heavy (non-hydrogen) atoms. The van der Waals surface area contributed by atoms with E-state index in [-0.39, 0.29) is 17.8 Å². The maximum atomic E-state index is 13.1. The van der Waals surface area contributed by atoms with Gasteiger partial charge in [-0.05, 0) is 56.9 Å². The molecule has 0 bridgehead atoms. The van der Waals surface area contributed by atoms with E-state index in [9.17, 15) is 27.9 Å². The number of halogens is 3. The number of carboxylic acid groups (broad SMARTS) is 1. The first-order valence-corrected chi connectivity index (χ1v) is 11.6. The number of carboxylic acids is 1. The van der Waals surface area contributed by atoms with Crippen molar-refractivity contribution in [2.24, 2.45) is 0 Å². The van der Waals surface area contributed by atoms with Crippen molar-refractivity contribution in [3.8, 4) is 10.6 Å². The summed E-state index contributed by atoms with van der Waals surface area (Å²) in [5, 5.41) is 10.8. The summed E-state index contributed by atoms with van der Waals surface area (Å²) in [6, 6.07) is 0. The standard InChI is InChI=1S/C21H20F3NO3S2/c22-21(23,24)17-10-29-19(25-17)18-13-7-3-4-8-15(13)30-16(18)9-14(26)11-5-1-2-6-12(11)20(27)28/h10H,1-9H2,(H,27,28). The topological polar surface area (TPSA) is 67.3 Å². The van der Waals surface area contributed by atoms with Crippen molar-refractivity contribution in [1.29, 1.82) is 0 Å². The number of aryl methyl sites for hydroxylation is 1. The Morgan fingerprint density at radius 3 is 2.37 bits per heavy atom. The summed E-state index contributed by atoms with van der Waals surface area (Å²) in [5.41, 5.74) is 1.30. The van der Waals surface area contributed by atoms with Crippen molar-refractivity contribution in [2.75, 3.05) is 0 Å². The minimum absolute atomic E-state index is 0.0139. The molecule has 0 fully saturated rings. The summed E-state index contributed by atoms with van der Waals surface area (Å²) in [7, 11) is 0. The molecule has 2 aliphatic rings. The number of thiophene rings is 1. The number of carbonyl (C=O) groups excluding carboxylic acids is 1. The van der Waals surface area contributed by atoms with Gasteiger partial charge in [-0.3, -0.25) is 4.79 Å². The molecule has 4 nitrogen and oxygen atoms in total. The molecule has 4 rings (SSSR count). The van der Waals surface area contributed by atoms with Gasteiger partial charge in [0.05, 0.1) is 0 Å². The van der Waals surface area contributed by atoms with E-state index in [1.165, 1.54) is 11.3 Å². The number of hydrogen-bond donors (Lipinski definition) is 1. The summed E-state index contributed by atoms with van der Waals surface area (Å²) >= 11 is 2.42. The molecule has 2 aromatic heterocycles. The molecule has 0 atom stereocenters. The van der Waals surface area contributed by atoms with E-state index in [4.69, 9.17) is 0 Å². The number of rotatable bonds is 5. The van der Waals surface area contributed by atoms with Gasteiger partial charge in [0.1, 0.15) is 5.01 Å². The molecule has 0 aliphatic heterocycles. The second-order valence-corrected chi connectivity index (χ2v) is 9.66. The number of fused-ring (bicyclic) bond motifs is 1. The molecule has 0 amide bonds. The van der Waals surface area contributed by atoms with Gasteiger partial charge in [-0.2, -0.15) is 13.2 Å². The van der Waals surface area contributed by atoms with Gasteiger partial charge in [-0.15, -0.1) is 22.7 Å². The molecule has 0 radical (unpaired) electrons. The number of thiazole rings is 1. The van der Waals surface area contributed by atoms with Crippen molar-refractivity contribution >= 4 is 34.4 Å². The third-order valence-electron chi connectivity index (χ3n) is 5.64. The van der Waals surface area contributed by atoms with E-state index in [1.54, 1.807) is 0 Å². The number of carbonyl (C=O) groups is 2. The van der Waals surface area contributed by atoms with Crippen molar-refractivity contribution in [3.63, 3.8) is 0 Å². The molecule has 9 heteroatoms. The van der Waals surface area contributed by atoms with Gasteiger partial charge in [0, 0.05) is 38.3 Å². The highest BCUT2D eigenvalue weighted by atomic mass is 32.1. The van der Waals surface area contributed by atoms with Gasteiger partial charge in [-0.1, -0.05) is 0 Å². The van der Waals surface area contributed by atoms with Gasteiger partial charge in [-0.25, -0.2) is 9.78 Å². The number of hydrogen-bond acceptors (Lipinski definition) is 5. The van der Waals surface area contributed by atoms with E-state index in [0.717, 1.165) is 65.7 Å². The number of allylic oxidation sites excluding steroid dienone is 1. The smallest absolute Gasteiger partial charge is 0.434 e. The number of aromatic nitrogens is 1. The van der Waals surface area contributed by atoms with Crippen LogP contribution in [0.25, 0.3) is 10.6 Å². The van der Waals surface area contributed by atoms with Crippen LogP contribution in [0.2, 0.25) is 0 Å². The monoisotopic (exact) mass is 455 g/mol. The van der Waals surface area contributed by atoms with E-state index < -0.39 is 17.8 Å². The molecule has 2 heterocycles. The first-order chi connectivity index (χ1) is 14.3. The van der Waals surface area contributed by atoms with Gasteiger partial charge in [0.2, 0.25) is 0 Å². The molecular weight excluding hydrogens is 435 g/mol. The molecule has 1 N–H and O–H groups in total. The van der Waals surface area contributed by atoms with Crippen molar-refractivity contribution in [3.05, 3.63) is 37.5 Å². The Bertz CT molecular complexity index is 1030. The van der Waals surface area contributed by atoms with Crippen molar-refractivity contribution in [2.45, 2.75) is 64.0 Å². The first-order valence-electron chi connectivity index (χ1n) is 9.90. The zero-order valence-electron chi connectivity index (χ0n) is 16.1.